The third kappa shape index (κ3) is 5.98. The molecular formula is C18H33N. The van der Waals surface area contributed by atoms with E-state index in [0.717, 1.165) is 18.8 Å². The molecule has 1 aliphatic rings. The molecule has 0 saturated heterocycles. The second-order valence-electron chi connectivity index (χ2n) is 8.12. The van der Waals surface area contributed by atoms with E-state index in [9.17, 15) is 0 Å². The van der Waals surface area contributed by atoms with Crippen LogP contribution in [-0.4, -0.2) is 0 Å². The molecule has 1 nitrogen and oxygen atoms in total. The van der Waals surface area contributed by atoms with E-state index < -0.39 is 0 Å². The Morgan fingerprint density at radius 3 is 2.42 bits per heavy atom. The van der Waals surface area contributed by atoms with Gasteiger partial charge in [0.15, 0.2) is 0 Å². The van der Waals surface area contributed by atoms with Gasteiger partial charge in [0.1, 0.15) is 0 Å². The summed E-state index contributed by atoms with van der Waals surface area (Å²) in [7, 11) is 0. The average molecular weight is 263 g/mol. The van der Waals surface area contributed by atoms with Crippen LogP contribution in [0.15, 0.2) is 0 Å². The summed E-state index contributed by atoms with van der Waals surface area (Å²) in [6.45, 7) is 11.9. The molecule has 0 radical (unpaired) electrons. The van der Waals surface area contributed by atoms with Gasteiger partial charge in [-0.15, -0.1) is 0 Å². The van der Waals surface area contributed by atoms with Crippen molar-refractivity contribution in [2.45, 2.75) is 86.0 Å². The Bertz CT molecular complexity index is 308. The third-order valence-corrected chi connectivity index (χ3v) is 5.31. The molecule has 2 unspecified atom stereocenters. The summed E-state index contributed by atoms with van der Waals surface area (Å²) in [6.07, 6.45) is 9.97. The first-order valence-corrected chi connectivity index (χ1v) is 8.17. The molecule has 0 aromatic rings. The van der Waals surface area contributed by atoms with E-state index in [4.69, 9.17) is 5.26 Å². The van der Waals surface area contributed by atoms with Crippen LogP contribution in [0.4, 0.5) is 0 Å². The predicted octanol–water partition coefficient (Wildman–Crippen LogP) is 5.95. The molecule has 1 heteroatoms. The van der Waals surface area contributed by atoms with Gasteiger partial charge in [0.2, 0.25) is 0 Å². The Labute approximate surface area is 120 Å². The molecule has 0 aromatic carbocycles. The standard InChI is InChI=1S/C18H33N/c1-6-15(10-13-19)8-7-11-17(2,3)12-9-16-14-18(16,4)5/h15-16H,6-12,14H2,1-5H3. The lowest BCUT2D eigenvalue weighted by atomic mass is 9.80. The zero-order valence-electron chi connectivity index (χ0n) is 13.8. The van der Waals surface area contributed by atoms with Crippen molar-refractivity contribution in [3.8, 4) is 6.07 Å². The van der Waals surface area contributed by atoms with E-state index in [1.165, 1.54) is 38.5 Å². The first kappa shape index (κ1) is 16.5. The van der Waals surface area contributed by atoms with Crippen LogP contribution in [0.25, 0.3) is 0 Å². The fourth-order valence-corrected chi connectivity index (χ4v) is 3.21. The molecule has 0 N–H and O–H groups in total. The minimum Gasteiger partial charge on any atom is -0.198 e. The van der Waals surface area contributed by atoms with Crippen molar-refractivity contribution in [2.75, 3.05) is 0 Å². The van der Waals surface area contributed by atoms with Crippen molar-refractivity contribution in [3.63, 3.8) is 0 Å². The van der Waals surface area contributed by atoms with Crippen molar-refractivity contribution < 1.29 is 0 Å². The minimum absolute atomic E-state index is 0.490. The average Bonchev–Trinajstić information content (AvgIpc) is 2.93. The Balaban J connectivity index is 2.17. The van der Waals surface area contributed by atoms with Crippen LogP contribution in [0, 0.1) is 34.0 Å². The van der Waals surface area contributed by atoms with Crippen molar-refractivity contribution in [1.29, 1.82) is 5.26 Å². The molecule has 1 saturated carbocycles. The highest BCUT2D eigenvalue weighted by Crippen LogP contribution is 2.55. The van der Waals surface area contributed by atoms with Crippen LogP contribution in [0.2, 0.25) is 0 Å². The maximum Gasteiger partial charge on any atom is 0.0624 e. The van der Waals surface area contributed by atoms with Gasteiger partial charge in [-0.05, 0) is 54.8 Å². The van der Waals surface area contributed by atoms with Crippen LogP contribution in [-0.2, 0) is 0 Å². The van der Waals surface area contributed by atoms with Crippen molar-refractivity contribution in [3.05, 3.63) is 0 Å². The van der Waals surface area contributed by atoms with Gasteiger partial charge in [0, 0.05) is 6.42 Å². The van der Waals surface area contributed by atoms with Crippen molar-refractivity contribution >= 4 is 0 Å². The van der Waals surface area contributed by atoms with Gasteiger partial charge in [-0.3, -0.25) is 0 Å². The fraction of sp³-hybridized carbons (Fsp3) is 0.944. The quantitative estimate of drug-likeness (QED) is 0.504. The van der Waals surface area contributed by atoms with Crippen molar-refractivity contribution in [2.24, 2.45) is 22.7 Å². The molecule has 1 aliphatic carbocycles. The van der Waals surface area contributed by atoms with Crippen LogP contribution < -0.4 is 0 Å². The van der Waals surface area contributed by atoms with Crippen LogP contribution in [0.3, 0.4) is 0 Å². The lowest BCUT2D eigenvalue weighted by Gasteiger charge is -2.25. The zero-order valence-corrected chi connectivity index (χ0v) is 13.8. The summed E-state index contributed by atoms with van der Waals surface area (Å²) >= 11 is 0. The SMILES string of the molecule is CCC(CC#N)CCCC(C)(C)CCC1CC1(C)C. The first-order valence-electron chi connectivity index (χ1n) is 8.17. The molecule has 0 spiro atoms. The second-order valence-corrected chi connectivity index (χ2v) is 8.12. The molecular weight excluding hydrogens is 230 g/mol. The summed E-state index contributed by atoms with van der Waals surface area (Å²) in [5.41, 5.74) is 1.12. The molecule has 110 valence electrons. The minimum atomic E-state index is 0.490. The molecule has 1 rings (SSSR count). The smallest absolute Gasteiger partial charge is 0.0624 e. The van der Waals surface area contributed by atoms with E-state index in [-0.39, 0.29) is 0 Å². The largest absolute Gasteiger partial charge is 0.198 e. The van der Waals surface area contributed by atoms with E-state index in [0.29, 0.717) is 16.7 Å². The summed E-state index contributed by atoms with van der Waals surface area (Å²) in [5.74, 6) is 1.61. The van der Waals surface area contributed by atoms with Gasteiger partial charge in [0.25, 0.3) is 0 Å². The number of hydrogen-bond acceptors (Lipinski definition) is 1. The maximum absolute atomic E-state index is 8.78. The normalized spacial score (nSPS) is 22.8. The number of nitriles is 1. The van der Waals surface area contributed by atoms with E-state index in [1.54, 1.807) is 0 Å². The van der Waals surface area contributed by atoms with Gasteiger partial charge in [0.05, 0.1) is 6.07 Å². The van der Waals surface area contributed by atoms with E-state index >= 15 is 0 Å². The lowest BCUT2D eigenvalue weighted by molar-refractivity contribution is 0.266. The molecule has 1 fully saturated rings. The highest BCUT2D eigenvalue weighted by Gasteiger charge is 2.45. The van der Waals surface area contributed by atoms with Crippen molar-refractivity contribution in [1.82, 2.24) is 0 Å². The second kappa shape index (κ2) is 6.78. The molecule has 2 atom stereocenters. The number of hydrogen-bond donors (Lipinski definition) is 0. The summed E-state index contributed by atoms with van der Waals surface area (Å²) in [5, 5.41) is 8.78. The Morgan fingerprint density at radius 2 is 1.95 bits per heavy atom. The molecule has 0 heterocycles. The van der Waals surface area contributed by atoms with E-state index in [2.05, 4.69) is 40.7 Å². The molecule has 19 heavy (non-hydrogen) atoms. The monoisotopic (exact) mass is 263 g/mol. The maximum atomic E-state index is 8.78. The molecule has 0 amide bonds. The van der Waals surface area contributed by atoms with Gasteiger partial charge in [-0.2, -0.15) is 5.26 Å². The Hall–Kier alpha value is -0.510. The first-order chi connectivity index (χ1) is 8.80. The topological polar surface area (TPSA) is 23.8 Å². The Morgan fingerprint density at radius 1 is 1.32 bits per heavy atom. The molecule has 0 aromatic heterocycles. The zero-order chi connectivity index (χ0) is 14.5. The third-order valence-electron chi connectivity index (χ3n) is 5.31. The molecule has 0 bridgehead atoms. The predicted molar refractivity (Wildman–Crippen MR) is 82.8 cm³/mol. The van der Waals surface area contributed by atoms with Crippen LogP contribution >= 0.6 is 0 Å². The van der Waals surface area contributed by atoms with Gasteiger partial charge < -0.3 is 0 Å². The Kier molecular flexibility index (Phi) is 5.90. The highest BCUT2D eigenvalue weighted by molar-refractivity contribution is 4.95. The summed E-state index contributed by atoms with van der Waals surface area (Å²) < 4.78 is 0. The highest BCUT2D eigenvalue weighted by atomic mass is 14.5. The number of rotatable bonds is 9. The van der Waals surface area contributed by atoms with Crippen LogP contribution in [0.5, 0.6) is 0 Å². The molecule has 0 aliphatic heterocycles. The van der Waals surface area contributed by atoms with Gasteiger partial charge >= 0.3 is 0 Å². The van der Waals surface area contributed by atoms with E-state index in [1.807, 2.05) is 0 Å². The number of nitrogens with zero attached hydrogens (tertiary/aromatic N) is 1. The van der Waals surface area contributed by atoms with Gasteiger partial charge in [-0.1, -0.05) is 47.5 Å². The van der Waals surface area contributed by atoms with Gasteiger partial charge in [-0.25, -0.2) is 0 Å². The summed E-state index contributed by atoms with van der Waals surface area (Å²) in [6, 6.07) is 2.32. The lowest BCUT2D eigenvalue weighted by Crippen LogP contribution is -2.13. The summed E-state index contributed by atoms with van der Waals surface area (Å²) in [4.78, 5) is 0. The van der Waals surface area contributed by atoms with Crippen LogP contribution in [0.1, 0.15) is 86.0 Å². The fourth-order valence-electron chi connectivity index (χ4n) is 3.21.